The number of aliphatic carboxylic acids is 1. The van der Waals surface area contributed by atoms with Crippen LogP contribution in [0.1, 0.15) is 29.3 Å². The number of carboxylic acid groups (broad SMARTS) is 1. The second kappa shape index (κ2) is 8.15. The summed E-state index contributed by atoms with van der Waals surface area (Å²) in [6.45, 7) is 3.77. The molecule has 0 radical (unpaired) electrons. The van der Waals surface area contributed by atoms with Crippen LogP contribution in [0.25, 0.3) is 0 Å². The molecule has 0 aliphatic carbocycles. The third-order valence-electron chi connectivity index (χ3n) is 4.88. The van der Waals surface area contributed by atoms with Gasteiger partial charge in [-0.05, 0) is 24.6 Å². The Morgan fingerprint density at radius 2 is 1.62 bits per heavy atom. The van der Waals surface area contributed by atoms with Gasteiger partial charge in [-0.25, -0.2) is 0 Å². The van der Waals surface area contributed by atoms with E-state index in [9.17, 15) is 14.7 Å². The van der Waals surface area contributed by atoms with E-state index in [1.165, 1.54) is 0 Å². The van der Waals surface area contributed by atoms with Crippen LogP contribution in [0, 0.1) is 0 Å². The van der Waals surface area contributed by atoms with Crippen molar-refractivity contribution in [3.05, 3.63) is 71.8 Å². The second-order valence-electron chi connectivity index (χ2n) is 6.83. The molecule has 2 aromatic rings. The molecule has 3 rings (SSSR count). The smallest absolute Gasteiger partial charge is 0.305 e. The molecule has 1 aliphatic heterocycles. The van der Waals surface area contributed by atoms with Crippen molar-refractivity contribution in [3.8, 4) is 0 Å². The zero-order valence-corrected chi connectivity index (χ0v) is 14.9. The van der Waals surface area contributed by atoms with Crippen molar-refractivity contribution in [2.45, 2.75) is 32.0 Å². The van der Waals surface area contributed by atoms with E-state index < -0.39 is 5.97 Å². The predicted molar refractivity (Wildman–Crippen MR) is 99.8 cm³/mol. The highest BCUT2D eigenvalue weighted by Crippen LogP contribution is 2.23. The molecule has 26 heavy (non-hydrogen) atoms. The molecule has 1 aliphatic rings. The van der Waals surface area contributed by atoms with E-state index >= 15 is 0 Å². The van der Waals surface area contributed by atoms with Crippen molar-refractivity contribution in [1.82, 2.24) is 9.80 Å². The number of carbonyl (C=O) groups excluding carboxylic acids is 1. The molecule has 1 heterocycles. The van der Waals surface area contributed by atoms with E-state index in [0.717, 1.165) is 5.56 Å². The van der Waals surface area contributed by atoms with Crippen LogP contribution in [0.15, 0.2) is 60.7 Å². The molecular weight excluding hydrogens is 328 g/mol. The van der Waals surface area contributed by atoms with Crippen molar-refractivity contribution >= 4 is 11.9 Å². The molecule has 1 N–H and O–H groups in total. The van der Waals surface area contributed by atoms with Crippen LogP contribution in [0.4, 0.5) is 0 Å². The Balaban J connectivity index is 1.78. The van der Waals surface area contributed by atoms with Gasteiger partial charge >= 0.3 is 5.97 Å². The van der Waals surface area contributed by atoms with Crippen molar-refractivity contribution in [2.24, 2.45) is 0 Å². The van der Waals surface area contributed by atoms with Crippen LogP contribution in [0.2, 0.25) is 0 Å². The van der Waals surface area contributed by atoms with Gasteiger partial charge in [0.25, 0.3) is 5.91 Å². The average Bonchev–Trinajstić information content (AvgIpc) is 2.65. The monoisotopic (exact) mass is 352 g/mol. The first kappa shape index (κ1) is 18.1. The molecule has 0 saturated carbocycles. The number of nitrogens with zero attached hydrogens (tertiary/aromatic N) is 2. The molecule has 5 heteroatoms. The average molecular weight is 352 g/mol. The van der Waals surface area contributed by atoms with Gasteiger partial charge in [0.05, 0.1) is 6.42 Å². The number of rotatable bonds is 5. The van der Waals surface area contributed by atoms with Crippen molar-refractivity contribution in [3.63, 3.8) is 0 Å². The first-order chi connectivity index (χ1) is 12.5. The lowest BCUT2D eigenvalue weighted by atomic mass is 10.0. The van der Waals surface area contributed by atoms with E-state index in [1.807, 2.05) is 48.5 Å². The number of hydrogen-bond donors (Lipinski definition) is 1. The van der Waals surface area contributed by atoms with Crippen LogP contribution >= 0.6 is 0 Å². The van der Waals surface area contributed by atoms with Gasteiger partial charge < -0.3 is 10.0 Å². The summed E-state index contributed by atoms with van der Waals surface area (Å²) in [4.78, 5) is 28.2. The van der Waals surface area contributed by atoms with Gasteiger partial charge in [-0.15, -0.1) is 0 Å². The standard InChI is InChI=1S/C21H24N2O3/c1-16-13-22(21(26)18-10-6-3-7-11-18)15-19(12-20(24)25)23(16)14-17-8-4-2-5-9-17/h2-11,16,19H,12-15H2,1H3,(H,24,25)/t16-,19+/m0/s1. The van der Waals surface area contributed by atoms with Crippen LogP contribution in [0.3, 0.4) is 0 Å². The summed E-state index contributed by atoms with van der Waals surface area (Å²) in [7, 11) is 0. The van der Waals surface area contributed by atoms with Gasteiger partial charge in [-0.3, -0.25) is 14.5 Å². The quantitative estimate of drug-likeness (QED) is 0.899. The van der Waals surface area contributed by atoms with Gasteiger partial charge in [0.15, 0.2) is 0 Å². The number of piperazine rings is 1. The van der Waals surface area contributed by atoms with E-state index in [4.69, 9.17) is 0 Å². The Morgan fingerprint density at radius 3 is 2.23 bits per heavy atom. The Labute approximate surface area is 153 Å². The number of benzene rings is 2. The van der Waals surface area contributed by atoms with Crippen LogP contribution in [0.5, 0.6) is 0 Å². The topological polar surface area (TPSA) is 60.9 Å². The second-order valence-corrected chi connectivity index (χ2v) is 6.83. The summed E-state index contributed by atoms with van der Waals surface area (Å²) in [5, 5.41) is 9.35. The summed E-state index contributed by atoms with van der Waals surface area (Å²) in [5.74, 6) is -0.874. The molecule has 0 unspecified atom stereocenters. The molecule has 2 aromatic carbocycles. The Hall–Kier alpha value is -2.66. The van der Waals surface area contributed by atoms with Crippen molar-refractivity contribution < 1.29 is 14.7 Å². The zero-order chi connectivity index (χ0) is 18.5. The van der Waals surface area contributed by atoms with Crippen molar-refractivity contribution in [2.75, 3.05) is 13.1 Å². The number of hydrogen-bond acceptors (Lipinski definition) is 3. The van der Waals surface area contributed by atoms with Crippen LogP contribution in [-0.2, 0) is 11.3 Å². The highest BCUT2D eigenvalue weighted by Gasteiger charge is 2.35. The Kier molecular flexibility index (Phi) is 5.68. The minimum atomic E-state index is -0.839. The summed E-state index contributed by atoms with van der Waals surface area (Å²) < 4.78 is 0. The maximum atomic E-state index is 12.8. The molecule has 1 amide bonds. The maximum absolute atomic E-state index is 12.8. The Bertz CT molecular complexity index is 748. The SMILES string of the molecule is C[C@H]1CN(C(=O)c2ccccc2)C[C@@H](CC(=O)O)N1Cc1ccccc1. The van der Waals surface area contributed by atoms with Gasteiger partial charge in [-0.1, -0.05) is 48.5 Å². The summed E-state index contributed by atoms with van der Waals surface area (Å²) in [6, 6.07) is 19.1. The van der Waals surface area contributed by atoms with Crippen LogP contribution in [-0.4, -0.2) is 52.0 Å². The molecule has 136 valence electrons. The van der Waals surface area contributed by atoms with E-state index in [0.29, 0.717) is 25.2 Å². The van der Waals surface area contributed by atoms with Crippen LogP contribution < -0.4 is 0 Å². The van der Waals surface area contributed by atoms with E-state index in [2.05, 4.69) is 11.8 Å². The first-order valence-corrected chi connectivity index (χ1v) is 8.90. The molecular formula is C21H24N2O3. The van der Waals surface area contributed by atoms with Gasteiger partial charge in [0, 0.05) is 37.3 Å². The van der Waals surface area contributed by atoms with E-state index in [1.54, 1.807) is 17.0 Å². The van der Waals surface area contributed by atoms with E-state index in [-0.39, 0.29) is 24.4 Å². The minimum Gasteiger partial charge on any atom is -0.481 e. The number of carboxylic acids is 1. The maximum Gasteiger partial charge on any atom is 0.305 e. The molecule has 1 saturated heterocycles. The molecule has 0 bridgehead atoms. The van der Waals surface area contributed by atoms with Gasteiger partial charge in [0.1, 0.15) is 0 Å². The third-order valence-corrected chi connectivity index (χ3v) is 4.88. The minimum absolute atomic E-state index is 0.0236. The first-order valence-electron chi connectivity index (χ1n) is 8.90. The largest absolute Gasteiger partial charge is 0.481 e. The lowest BCUT2D eigenvalue weighted by Crippen LogP contribution is -2.59. The fraction of sp³-hybridized carbons (Fsp3) is 0.333. The summed E-state index contributed by atoms with van der Waals surface area (Å²) in [6.07, 6.45) is 0.0236. The molecule has 0 spiro atoms. The lowest BCUT2D eigenvalue weighted by Gasteiger charge is -2.45. The molecule has 2 atom stereocenters. The predicted octanol–water partition coefficient (Wildman–Crippen LogP) is 2.88. The highest BCUT2D eigenvalue weighted by molar-refractivity contribution is 5.94. The fourth-order valence-corrected chi connectivity index (χ4v) is 3.61. The van der Waals surface area contributed by atoms with Crippen molar-refractivity contribution in [1.29, 1.82) is 0 Å². The lowest BCUT2D eigenvalue weighted by molar-refractivity contribution is -0.139. The fourth-order valence-electron chi connectivity index (χ4n) is 3.61. The molecule has 1 fully saturated rings. The zero-order valence-electron chi connectivity index (χ0n) is 14.9. The molecule has 5 nitrogen and oxygen atoms in total. The molecule has 0 aromatic heterocycles. The summed E-state index contributed by atoms with van der Waals surface area (Å²) >= 11 is 0. The normalized spacial score (nSPS) is 20.7. The Morgan fingerprint density at radius 1 is 1.00 bits per heavy atom. The van der Waals surface area contributed by atoms with Gasteiger partial charge in [0.2, 0.25) is 0 Å². The highest BCUT2D eigenvalue weighted by atomic mass is 16.4. The van der Waals surface area contributed by atoms with Gasteiger partial charge in [-0.2, -0.15) is 0 Å². The number of carbonyl (C=O) groups is 2. The summed E-state index contributed by atoms with van der Waals surface area (Å²) in [5.41, 5.74) is 1.79. The third kappa shape index (κ3) is 4.29. The number of amides is 1.